The van der Waals surface area contributed by atoms with E-state index in [1.54, 1.807) is 31.6 Å². The van der Waals surface area contributed by atoms with Crippen molar-refractivity contribution in [2.24, 2.45) is 5.92 Å². The van der Waals surface area contributed by atoms with E-state index in [0.717, 1.165) is 23.8 Å². The smallest absolute Gasteiger partial charge is 0.341 e. The molecule has 11 heteroatoms. The fraction of sp³-hybridized carbons (Fsp3) is 0.265. The van der Waals surface area contributed by atoms with Crippen molar-refractivity contribution in [1.82, 2.24) is 9.55 Å². The molecule has 3 aromatic heterocycles. The van der Waals surface area contributed by atoms with Gasteiger partial charge >= 0.3 is 5.97 Å². The number of nitrogens with two attached hydrogens (primary N) is 1. The van der Waals surface area contributed by atoms with Gasteiger partial charge in [0.1, 0.15) is 11.3 Å². The van der Waals surface area contributed by atoms with Crippen LogP contribution in [0.2, 0.25) is 0 Å². The minimum atomic E-state index is -1.23. The number of fused-ring (bicyclic) bond motifs is 1. The second kappa shape index (κ2) is 13.4. The van der Waals surface area contributed by atoms with Crippen molar-refractivity contribution in [3.8, 4) is 33.4 Å². The summed E-state index contributed by atoms with van der Waals surface area (Å²) in [6.07, 6.45) is 7.28. The normalized spacial score (nSPS) is 13.5. The van der Waals surface area contributed by atoms with Crippen LogP contribution in [-0.2, 0) is 17.7 Å². The highest BCUT2D eigenvalue weighted by Crippen LogP contribution is 2.39. The van der Waals surface area contributed by atoms with Crippen molar-refractivity contribution in [3.05, 3.63) is 94.5 Å². The fourth-order valence-electron chi connectivity index (χ4n) is 5.44. The predicted octanol–water partition coefficient (Wildman–Crippen LogP) is 6.25. The average molecular weight is 628 g/mol. The number of pyridine rings is 2. The molecule has 232 valence electrons. The number of rotatable bonds is 11. The van der Waals surface area contributed by atoms with Gasteiger partial charge in [0.05, 0.1) is 24.2 Å². The molecule has 10 nitrogen and oxygen atoms in total. The number of benzene rings is 2. The molecule has 1 saturated heterocycles. The first-order valence-electron chi connectivity index (χ1n) is 14.6. The van der Waals surface area contributed by atoms with Crippen LogP contribution in [0.1, 0.15) is 28.8 Å². The minimum absolute atomic E-state index is 0.232. The summed E-state index contributed by atoms with van der Waals surface area (Å²) in [5, 5.41) is 11.8. The first-order valence-corrected chi connectivity index (χ1v) is 15.5. The Hall–Kier alpha value is -4.87. The van der Waals surface area contributed by atoms with E-state index in [1.807, 2.05) is 47.0 Å². The van der Waals surface area contributed by atoms with Gasteiger partial charge in [-0.15, -0.1) is 0 Å². The van der Waals surface area contributed by atoms with Gasteiger partial charge in [0.15, 0.2) is 16.6 Å². The van der Waals surface area contributed by atoms with E-state index in [4.69, 9.17) is 24.7 Å². The van der Waals surface area contributed by atoms with Gasteiger partial charge in [-0.3, -0.25) is 9.78 Å². The Balaban J connectivity index is 1.17. The van der Waals surface area contributed by atoms with Crippen LogP contribution in [0.5, 0.6) is 22.3 Å². The number of carbonyl (C=O) groups is 1. The number of thiophene rings is 1. The van der Waals surface area contributed by atoms with E-state index < -0.39 is 11.4 Å². The average Bonchev–Trinajstić information content (AvgIpc) is 3.46. The Morgan fingerprint density at radius 3 is 2.58 bits per heavy atom. The number of hydrogen-bond acceptors (Lipinski definition) is 9. The Labute approximate surface area is 263 Å². The van der Waals surface area contributed by atoms with Crippen LogP contribution in [-0.4, -0.2) is 47.6 Å². The van der Waals surface area contributed by atoms with Crippen LogP contribution in [0.15, 0.2) is 78.0 Å². The van der Waals surface area contributed by atoms with Crippen LogP contribution in [0.3, 0.4) is 0 Å². The lowest BCUT2D eigenvalue weighted by Crippen LogP contribution is -2.24. The maximum atomic E-state index is 13.1. The maximum Gasteiger partial charge on any atom is 0.341 e. The largest absolute Gasteiger partial charge is 0.493 e. The first kappa shape index (κ1) is 30.2. The van der Waals surface area contributed by atoms with Crippen LogP contribution < -0.4 is 25.4 Å². The van der Waals surface area contributed by atoms with E-state index in [2.05, 4.69) is 4.98 Å². The summed E-state index contributed by atoms with van der Waals surface area (Å²) in [7, 11) is 1.58. The van der Waals surface area contributed by atoms with E-state index in [1.165, 1.54) is 17.5 Å². The third-order valence-corrected chi connectivity index (χ3v) is 8.62. The maximum absolute atomic E-state index is 13.1. The Kier molecular flexibility index (Phi) is 8.99. The number of hydrogen-bond donors (Lipinski definition) is 2. The molecule has 2 aromatic carbocycles. The Morgan fingerprint density at radius 1 is 1.07 bits per heavy atom. The first-order chi connectivity index (χ1) is 21.9. The second-order valence-electron chi connectivity index (χ2n) is 10.9. The van der Waals surface area contributed by atoms with Crippen LogP contribution >= 0.6 is 11.3 Å². The highest BCUT2D eigenvalue weighted by molar-refractivity contribution is 7.17. The number of carboxylic acids is 1. The molecule has 4 heterocycles. The molecule has 1 aliphatic rings. The van der Waals surface area contributed by atoms with Gasteiger partial charge in [0, 0.05) is 61.8 Å². The van der Waals surface area contributed by atoms with Crippen molar-refractivity contribution in [1.29, 1.82) is 0 Å². The molecule has 0 spiro atoms. The molecule has 6 rings (SSSR count). The SMILES string of the molecule is COc1cc2nccc(Oc3ccc(N)s3)c2cc1OCCc1ccc(-c2cn(CC3CCOCC3)cc(C(=O)O)c2=O)cc1. The molecule has 0 bridgehead atoms. The highest BCUT2D eigenvalue weighted by atomic mass is 32.1. The summed E-state index contributed by atoms with van der Waals surface area (Å²) < 4.78 is 25.1. The summed E-state index contributed by atoms with van der Waals surface area (Å²) in [5.74, 6) is 0.879. The minimum Gasteiger partial charge on any atom is -0.493 e. The van der Waals surface area contributed by atoms with E-state index in [9.17, 15) is 14.7 Å². The number of nitrogen functional groups attached to an aromatic ring is 1. The molecule has 0 atom stereocenters. The van der Waals surface area contributed by atoms with Crippen molar-refractivity contribution in [2.45, 2.75) is 25.8 Å². The number of nitrogens with zero attached hydrogens (tertiary/aromatic N) is 2. The van der Waals surface area contributed by atoms with Gasteiger partial charge in [0.25, 0.3) is 0 Å². The molecule has 1 fully saturated rings. The number of carboxylic acid groups (broad SMARTS) is 1. The van der Waals surface area contributed by atoms with Gasteiger partial charge in [0.2, 0.25) is 5.43 Å². The van der Waals surface area contributed by atoms with Crippen molar-refractivity contribution < 1.29 is 28.8 Å². The standard InChI is InChI=1S/C34H33N3O7S/c1-41-29-17-27-24(28(8-12-36-27)44-32-7-6-31(35)45-32)16-30(29)43-15-11-21-2-4-23(5-3-21)25-19-37(18-22-9-13-42-14-10-22)20-26(33(25)38)34(39)40/h2-8,12,16-17,19-20,22H,9-11,13-15,18,35H2,1H3,(H,39,40). The fourth-order valence-corrected chi connectivity index (χ4v) is 6.07. The zero-order valence-electron chi connectivity index (χ0n) is 24.7. The molecular formula is C34H33N3O7S. The molecule has 5 aromatic rings. The number of anilines is 1. The molecule has 0 aliphatic carbocycles. The topological polar surface area (TPSA) is 135 Å². The van der Waals surface area contributed by atoms with Crippen molar-refractivity contribution >= 4 is 33.2 Å². The third kappa shape index (κ3) is 6.95. The molecule has 1 aliphatic heterocycles. The zero-order valence-corrected chi connectivity index (χ0v) is 25.5. The predicted molar refractivity (Wildman–Crippen MR) is 173 cm³/mol. The van der Waals surface area contributed by atoms with Crippen molar-refractivity contribution in [3.63, 3.8) is 0 Å². The molecule has 45 heavy (non-hydrogen) atoms. The van der Waals surface area contributed by atoms with Gasteiger partial charge < -0.3 is 34.4 Å². The highest BCUT2D eigenvalue weighted by Gasteiger charge is 2.19. The number of ether oxygens (including phenoxy) is 4. The summed E-state index contributed by atoms with van der Waals surface area (Å²) in [6, 6.07) is 16.6. The summed E-state index contributed by atoms with van der Waals surface area (Å²) >= 11 is 1.35. The molecule has 0 saturated carbocycles. The lowest BCUT2D eigenvalue weighted by atomic mass is 9.99. The lowest BCUT2D eigenvalue weighted by molar-refractivity contribution is 0.0609. The number of aromatic carboxylic acids is 1. The third-order valence-electron chi connectivity index (χ3n) is 7.83. The van der Waals surface area contributed by atoms with Gasteiger partial charge in [-0.25, -0.2) is 4.79 Å². The van der Waals surface area contributed by atoms with Crippen LogP contribution in [0, 0.1) is 5.92 Å². The summed E-state index contributed by atoms with van der Waals surface area (Å²) in [5.41, 5.74) is 7.86. The number of methoxy groups -OCH3 is 1. The van der Waals surface area contributed by atoms with Crippen molar-refractivity contribution in [2.75, 3.05) is 32.7 Å². The van der Waals surface area contributed by atoms with Gasteiger partial charge in [-0.1, -0.05) is 35.6 Å². The second-order valence-corrected chi connectivity index (χ2v) is 11.9. The Morgan fingerprint density at radius 2 is 1.87 bits per heavy atom. The van der Waals surface area contributed by atoms with Gasteiger partial charge in [-0.2, -0.15) is 0 Å². The molecular weight excluding hydrogens is 594 g/mol. The molecule has 0 radical (unpaired) electrons. The van der Waals surface area contributed by atoms with Gasteiger partial charge in [-0.05, 0) is 54.2 Å². The molecule has 3 N–H and O–H groups in total. The van der Waals surface area contributed by atoms with E-state index in [0.29, 0.717) is 82.7 Å². The van der Waals surface area contributed by atoms with E-state index >= 15 is 0 Å². The summed E-state index contributed by atoms with van der Waals surface area (Å²) in [4.78, 5) is 29.4. The lowest BCUT2D eigenvalue weighted by Gasteiger charge is -2.23. The summed E-state index contributed by atoms with van der Waals surface area (Å²) in [6.45, 7) is 2.39. The molecule has 0 unspecified atom stereocenters. The quantitative estimate of drug-likeness (QED) is 0.174. The van der Waals surface area contributed by atoms with Crippen LogP contribution in [0.4, 0.5) is 5.00 Å². The zero-order chi connectivity index (χ0) is 31.3. The monoisotopic (exact) mass is 627 g/mol. The van der Waals surface area contributed by atoms with Crippen LogP contribution in [0.25, 0.3) is 22.0 Å². The molecule has 0 amide bonds. The van der Waals surface area contributed by atoms with E-state index in [-0.39, 0.29) is 5.56 Å². The Bertz CT molecular complexity index is 1880. The number of aromatic nitrogens is 2.